The van der Waals surface area contributed by atoms with Crippen LogP contribution in [0.4, 0.5) is 0 Å². The van der Waals surface area contributed by atoms with Crippen molar-refractivity contribution < 1.29 is 5.11 Å². The Morgan fingerprint density at radius 2 is 2.23 bits per heavy atom. The van der Waals surface area contributed by atoms with Crippen LogP contribution in [0.5, 0.6) is 5.75 Å². The van der Waals surface area contributed by atoms with E-state index in [2.05, 4.69) is 37.8 Å². The summed E-state index contributed by atoms with van der Waals surface area (Å²) < 4.78 is 0. The summed E-state index contributed by atoms with van der Waals surface area (Å²) in [5.41, 5.74) is 4.42. The van der Waals surface area contributed by atoms with Crippen molar-refractivity contribution in [1.82, 2.24) is 24.8 Å². The van der Waals surface area contributed by atoms with Crippen molar-refractivity contribution >= 4 is 0 Å². The van der Waals surface area contributed by atoms with Gasteiger partial charge in [0.1, 0.15) is 11.6 Å². The molecule has 1 unspecified atom stereocenters. The van der Waals surface area contributed by atoms with Gasteiger partial charge < -0.3 is 15.1 Å². The minimum Gasteiger partial charge on any atom is -0.508 e. The van der Waals surface area contributed by atoms with Crippen LogP contribution >= 0.6 is 0 Å². The molecule has 6 heteroatoms. The molecule has 136 valence electrons. The number of aromatic hydroxyl groups is 1. The summed E-state index contributed by atoms with van der Waals surface area (Å²) >= 11 is 0. The summed E-state index contributed by atoms with van der Waals surface area (Å²) in [5, 5.41) is 9.94. The molecule has 1 atom stereocenters. The van der Waals surface area contributed by atoms with E-state index in [1.54, 1.807) is 12.4 Å². The summed E-state index contributed by atoms with van der Waals surface area (Å²) in [6.07, 6.45) is 7.98. The lowest BCUT2D eigenvalue weighted by molar-refractivity contribution is 0.198. The Morgan fingerprint density at radius 1 is 1.31 bits per heavy atom. The number of fused-ring (bicyclic) bond motifs is 1. The van der Waals surface area contributed by atoms with Crippen LogP contribution in [0.3, 0.4) is 0 Å². The second-order valence-electron chi connectivity index (χ2n) is 6.94. The zero-order valence-electron chi connectivity index (χ0n) is 15.1. The van der Waals surface area contributed by atoms with Gasteiger partial charge >= 0.3 is 0 Å². The van der Waals surface area contributed by atoms with E-state index in [9.17, 15) is 5.11 Å². The summed E-state index contributed by atoms with van der Waals surface area (Å²) in [6, 6.07) is 7.52. The number of aryl methyl sites for hydroxylation is 1. The standard InChI is InChI=1S/C20H25N5O/c1-2-3-7-18-21-11-15(24-18)12-25-9-8-17-19(23-13-22-17)20(25)14-5-4-6-16(26)10-14/h4-6,10-11,13,20,26H,2-3,7-9,12H2,1H3,(H,21,24)(H,22,23). The Morgan fingerprint density at radius 3 is 3.08 bits per heavy atom. The van der Waals surface area contributed by atoms with Crippen LogP contribution in [0.25, 0.3) is 0 Å². The fraction of sp³-hybridized carbons (Fsp3) is 0.400. The maximum atomic E-state index is 9.94. The largest absolute Gasteiger partial charge is 0.508 e. The zero-order valence-corrected chi connectivity index (χ0v) is 15.1. The smallest absolute Gasteiger partial charge is 0.115 e. The van der Waals surface area contributed by atoms with E-state index in [4.69, 9.17) is 0 Å². The number of H-pyrrole nitrogens is 2. The molecule has 0 spiro atoms. The molecule has 0 bridgehead atoms. The van der Waals surface area contributed by atoms with Crippen molar-refractivity contribution in [2.45, 2.75) is 45.2 Å². The van der Waals surface area contributed by atoms with Crippen molar-refractivity contribution in [2.24, 2.45) is 0 Å². The topological polar surface area (TPSA) is 80.8 Å². The number of nitrogens with zero attached hydrogens (tertiary/aromatic N) is 3. The first-order valence-corrected chi connectivity index (χ1v) is 9.32. The summed E-state index contributed by atoms with van der Waals surface area (Å²) in [5.74, 6) is 1.35. The van der Waals surface area contributed by atoms with Crippen molar-refractivity contribution in [3.05, 3.63) is 65.3 Å². The van der Waals surface area contributed by atoms with Gasteiger partial charge in [0.15, 0.2) is 0 Å². The molecule has 6 nitrogen and oxygen atoms in total. The molecule has 2 aromatic heterocycles. The number of benzene rings is 1. The van der Waals surface area contributed by atoms with Gasteiger partial charge in [0.05, 0.1) is 18.1 Å². The summed E-state index contributed by atoms with van der Waals surface area (Å²) in [7, 11) is 0. The Bertz CT molecular complexity index is 868. The van der Waals surface area contributed by atoms with E-state index in [0.29, 0.717) is 0 Å². The van der Waals surface area contributed by atoms with E-state index >= 15 is 0 Å². The molecular formula is C20H25N5O. The molecule has 0 saturated heterocycles. The minimum atomic E-state index is 0.0273. The predicted molar refractivity (Wildman–Crippen MR) is 99.9 cm³/mol. The molecule has 1 aromatic carbocycles. The van der Waals surface area contributed by atoms with Crippen molar-refractivity contribution in [2.75, 3.05) is 6.54 Å². The first kappa shape index (κ1) is 16.8. The van der Waals surface area contributed by atoms with Crippen LogP contribution in [-0.4, -0.2) is 36.5 Å². The normalized spacial score (nSPS) is 17.3. The van der Waals surface area contributed by atoms with Gasteiger partial charge in [0.25, 0.3) is 0 Å². The molecule has 26 heavy (non-hydrogen) atoms. The van der Waals surface area contributed by atoms with Gasteiger partial charge in [0, 0.05) is 43.5 Å². The van der Waals surface area contributed by atoms with Gasteiger partial charge in [-0.1, -0.05) is 25.5 Å². The zero-order chi connectivity index (χ0) is 17.9. The van der Waals surface area contributed by atoms with E-state index in [1.807, 2.05) is 18.3 Å². The van der Waals surface area contributed by atoms with E-state index in [-0.39, 0.29) is 11.8 Å². The minimum absolute atomic E-state index is 0.0273. The molecule has 4 rings (SSSR count). The monoisotopic (exact) mass is 351 g/mol. The second-order valence-corrected chi connectivity index (χ2v) is 6.94. The highest BCUT2D eigenvalue weighted by Crippen LogP contribution is 2.35. The molecule has 0 saturated carbocycles. The molecule has 1 aliphatic rings. The number of hydrogen-bond acceptors (Lipinski definition) is 4. The number of aromatic amines is 2. The Hall–Kier alpha value is -2.60. The predicted octanol–water partition coefficient (Wildman–Crippen LogP) is 3.33. The Labute approximate surface area is 153 Å². The highest BCUT2D eigenvalue weighted by molar-refractivity contribution is 5.36. The maximum absolute atomic E-state index is 9.94. The van der Waals surface area contributed by atoms with Gasteiger partial charge in [-0.25, -0.2) is 9.97 Å². The van der Waals surface area contributed by atoms with Crippen LogP contribution in [-0.2, 0) is 19.4 Å². The molecule has 3 N–H and O–H groups in total. The number of unbranched alkanes of at least 4 members (excludes halogenated alkanes) is 1. The second kappa shape index (κ2) is 7.33. The number of aromatic nitrogens is 4. The lowest BCUT2D eigenvalue weighted by Gasteiger charge is -2.34. The van der Waals surface area contributed by atoms with Crippen molar-refractivity contribution in [3.63, 3.8) is 0 Å². The lowest BCUT2D eigenvalue weighted by atomic mass is 9.95. The first-order chi connectivity index (χ1) is 12.7. The van der Waals surface area contributed by atoms with Crippen LogP contribution in [0.2, 0.25) is 0 Å². The molecule has 0 aliphatic carbocycles. The van der Waals surface area contributed by atoms with Gasteiger partial charge in [-0.3, -0.25) is 4.90 Å². The van der Waals surface area contributed by atoms with E-state index in [0.717, 1.165) is 55.1 Å². The van der Waals surface area contributed by atoms with Crippen LogP contribution in [0.15, 0.2) is 36.8 Å². The third kappa shape index (κ3) is 3.37. The van der Waals surface area contributed by atoms with Crippen LogP contribution in [0.1, 0.15) is 54.3 Å². The highest BCUT2D eigenvalue weighted by atomic mass is 16.3. The average Bonchev–Trinajstić information content (AvgIpc) is 3.29. The Kier molecular flexibility index (Phi) is 4.75. The fourth-order valence-electron chi connectivity index (χ4n) is 3.73. The molecule has 0 radical (unpaired) electrons. The van der Waals surface area contributed by atoms with Gasteiger partial charge in [-0.15, -0.1) is 0 Å². The number of nitrogens with one attached hydrogen (secondary N) is 2. The van der Waals surface area contributed by atoms with Gasteiger partial charge in [0.2, 0.25) is 0 Å². The third-order valence-electron chi connectivity index (χ3n) is 5.03. The molecule has 0 amide bonds. The molecule has 0 fully saturated rings. The van der Waals surface area contributed by atoms with Gasteiger partial charge in [-0.2, -0.15) is 0 Å². The number of hydrogen-bond donors (Lipinski definition) is 3. The lowest BCUT2D eigenvalue weighted by Crippen LogP contribution is -2.36. The van der Waals surface area contributed by atoms with E-state index in [1.165, 1.54) is 12.1 Å². The fourth-order valence-corrected chi connectivity index (χ4v) is 3.73. The number of rotatable bonds is 6. The number of phenolic OH excluding ortho intramolecular Hbond substituents is 1. The van der Waals surface area contributed by atoms with E-state index < -0.39 is 0 Å². The molecule has 3 heterocycles. The maximum Gasteiger partial charge on any atom is 0.115 e. The highest BCUT2D eigenvalue weighted by Gasteiger charge is 2.31. The summed E-state index contributed by atoms with van der Waals surface area (Å²) in [4.78, 5) is 18.2. The number of imidazole rings is 2. The molecule has 1 aliphatic heterocycles. The molecular weight excluding hydrogens is 326 g/mol. The van der Waals surface area contributed by atoms with Crippen molar-refractivity contribution in [3.8, 4) is 5.75 Å². The number of phenols is 1. The summed E-state index contributed by atoms with van der Waals surface area (Å²) in [6.45, 7) is 3.91. The van der Waals surface area contributed by atoms with Crippen LogP contribution < -0.4 is 0 Å². The SMILES string of the molecule is CCCCc1ncc(CN2CCc3[nH]cnc3C2c2cccc(O)c2)[nH]1. The van der Waals surface area contributed by atoms with Gasteiger partial charge in [-0.05, 0) is 24.1 Å². The third-order valence-corrected chi connectivity index (χ3v) is 5.03. The molecule has 3 aromatic rings. The van der Waals surface area contributed by atoms with Crippen molar-refractivity contribution in [1.29, 1.82) is 0 Å². The average molecular weight is 351 g/mol. The first-order valence-electron chi connectivity index (χ1n) is 9.32. The Balaban J connectivity index is 1.61. The quantitative estimate of drug-likeness (QED) is 0.636. The van der Waals surface area contributed by atoms with Crippen LogP contribution in [0, 0.1) is 0 Å².